The first kappa shape index (κ1) is 32.3. The van der Waals surface area contributed by atoms with Gasteiger partial charge in [0, 0.05) is 10.5 Å². The highest BCUT2D eigenvalue weighted by molar-refractivity contribution is 9.10. The third-order valence-electron chi connectivity index (χ3n) is 6.16. The first-order valence-corrected chi connectivity index (χ1v) is 13.9. The second-order valence-electron chi connectivity index (χ2n) is 11.4. The minimum Gasteiger partial charge on any atom is -0.493 e. The van der Waals surface area contributed by atoms with E-state index in [0.717, 1.165) is 12.0 Å². The zero-order chi connectivity index (χ0) is 31.1. The Hall–Kier alpha value is -4.25. The Kier molecular flexibility index (Phi) is 10.5. The van der Waals surface area contributed by atoms with Crippen molar-refractivity contribution in [3.63, 3.8) is 0 Å². The summed E-state index contributed by atoms with van der Waals surface area (Å²) in [5.74, 6) is -0.675. The van der Waals surface area contributed by atoms with Crippen molar-refractivity contribution in [2.24, 2.45) is 10.5 Å². The molecule has 42 heavy (non-hydrogen) atoms. The van der Waals surface area contributed by atoms with E-state index < -0.39 is 23.4 Å². The normalized spacial score (nSPS) is 11.7. The van der Waals surface area contributed by atoms with E-state index in [4.69, 9.17) is 14.2 Å². The van der Waals surface area contributed by atoms with Crippen molar-refractivity contribution in [1.29, 1.82) is 0 Å². The topological polar surface area (TPSA) is 129 Å². The van der Waals surface area contributed by atoms with Crippen molar-refractivity contribution in [3.05, 3.63) is 91.9 Å². The molecule has 1 amide bonds. The molecule has 3 aromatic rings. The first-order valence-electron chi connectivity index (χ1n) is 13.1. The van der Waals surface area contributed by atoms with Crippen molar-refractivity contribution >= 4 is 39.7 Å². The average Bonchev–Trinajstić information content (AvgIpc) is 2.91. The van der Waals surface area contributed by atoms with E-state index in [1.807, 2.05) is 13.8 Å². The van der Waals surface area contributed by atoms with Crippen LogP contribution >= 0.6 is 15.9 Å². The number of hydrogen-bond donors (Lipinski definition) is 1. The largest absolute Gasteiger partial charge is 0.493 e. The van der Waals surface area contributed by atoms with Crippen LogP contribution in [0.4, 0.5) is 5.69 Å². The number of nitrogens with one attached hydrogen (secondary N) is 1. The second kappa shape index (κ2) is 13.6. The van der Waals surface area contributed by atoms with Crippen LogP contribution in [0.2, 0.25) is 0 Å². The summed E-state index contributed by atoms with van der Waals surface area (Å²) in [4.78, 5) is 36.1. The molecule has 0 aliphatic heterocycles. The lowest BCUT2D eigenvalue weighted by Crippen LogP contribution is -2.26. The predicted octanol–water partition coefficient (Wildman–Crippen LogP) is 6.83. The molecule has 0 fully saturated rings. The second-order valence-corrected chi connectivity index (χ2v) is 12.3. The summed E-state index contributed by atoms with van der Waals surface area (Å²) >= 11 is 3.33. The van der Waals surface area contributed by atoms with E-state index in [9.17, 15) is 19.7 Å². The number of hydrazone groups is 1. The van der Waals surface area contributed by atoms with Crippen LogP contribution in [0, 0.1) is 15.5 Å². The Labute approximate surface area is 253 Å². The molecule has 0 atom stereocenters. The van der Waals surface area contributed by atoms with Gasteiger partial charge < -0.3 is 14.2 Å². The average molecular weight is 641 g/mol. The van der Waals surface area contributed by atoms with Gasteiger partial charge in [0.25, 0.3) is 5.91 Å². The maximum atomic E-state index is 12.5. The van der Waals surface area contributed by atoms with E-state index in [0.29, 0.717) is 15.6 Å². The monoisotopic (exact) mass is 639 g/mol. The minimum atomic E-state index is -0.608. The summed E-state index contributed by atoms with van der Waals surface area (Å²) in [6.07, 6.45) is 2.19. The maximum absolute atomic E-state index is 12.5. The van der Waals surface area contributed by atoms with Gasteiger partial charge in [-0.1, -0.05) is 52.8 Å². The van der Waals surface area contributed by atoms with E-state index >= 15 is 0 Å². The highest BCUT2D eigenvalue weighted by atomic mass is 79.9. The number of esters is 1. The summed E-state index contributed by atoms with van der Waals surface area (Å²) < 4.78 is 16.9. The molecule has 0 heterocycles. The molecule has 0 aliphatic carbocycles. The molecule has 3 aromatic carbocycles. The number of hydrogen-bond acceptors (Lipinski definition) is 8. The first-order chi connectivity index (χ1) is 19.7. The SMILES string of the molecule is COc1cc(/C=N/NC(=O)COc2ccc(C(C)(C)CC(C)(C)C)cc2[N+](=O)[O-])ccc1OC(=O)c1ccccc1Br. The summed E-state index contributed by atoms with van der Waals surface area (Å²) in [6, 6.07) is 16.5. The van der Waals surface area contributed by atoms with E-state index in [1.165, 1.54) is 25.5 Å². The maximum Gasteiger partial charge on any atom is 0.344 e. The van der Waals surface area contributed by atoms with E-state index in [1.54, 1.807) is 48.5 Å². The molecular formula is C31H34BrN3O7. The number of amides is 1. The molecule has 11 heteroatoms. The van der Waals surface area contributed by atoms with Crippen LogP contribution in [0.5, 0.6) is 17.2 Å². The molecule has 0 saturated carbocycles. The Morgan fingerprint density at radius 2 is 1.69 bits per heavy atom. The number of nitrogens with zero attached hydrogens (tertiary/aromatic N) is 2. The zero-order valence-electron chi connectivity index (χ0n) is 24.4. The highest BCUT2D eigenvalue weighted by Gasteiger charge is 2.30. The third-order valence-corrected chi connectivity index (χ3v) is 6.85. The summed E-state index contributed by atoms with van der Waals surface area (Å²) in [7, 11) is 1.43. The van der Waals surface area contributed by atoms with Crippen LogP contribution < -0.4 is 19.6 Å². The number of ether oxygens (including phenoxy) is 3. The summed E-state index contributed by atoms with van der Waals surface area (Å²) in [6.45, 7) is 9.98. The molecule has 3 rings (SSSR count). The van der Waals surface area contributed by atoms with Gasteiger partial charge in [0.05, 0.1) is 23.8 Å². The van der Waals surface area contributed by atoms with Gasteiger partial charge in [-0.3, -0.25) is 14.9 Å². The number of halogens is 1. The third kappa shape index (κ3) is 8.87. The zero-order valence-corrected chi connectivity index (χ0v) is 26.0. The predicted molar refractivity (Wildman–Crippen MR) is 164 cm³/mol. The molecular weight excluding hydrogens is 606 g/mol. The molecule has 222 valence electrons. The molecule has 0 saturated heterocycles. The minimum absolute atomic E-state index is 0.00755. The lowest BCUT2D eigenvalue weighted by Gasteiger charge is -2.33. The van der Waals surface area contributed by atoms with Gasteiger partial charge in [-0.15, -0.1) is 0 Å². The van der Waals surface area contributed by atoms with Crippen LogP contribution in [0.1, 0.15) is 62.5 Å². The smallest absolute Gasteiger partial charge is 0.344 e. The molecule has 0 spiro atoms. The van der Waals surface area contributed by atoms with Crippen LogP contribution in [0.15, 0.2) is 70.2 Å². The Morgan fingerprint density at radius 3 is 2.33 bits per heavy atom. The molecule has 1 N–H and O–H groups in total. The van der Waals surface area contributed by atoms with Gasteiger partial charge >= 0.3 is 11.7 Å². The molecule has 10 nitrogen and oxygen atoms in total. The number of benzene rings is 3. The molecule has 0 aromatic heterocycles. The van der Waals surface area contributed by atoms with Gasteiger partial charge in [-0.25, -0.2) is 10.2 Å². The quantitative estimate of drug-likeness (QED) is 0.0800. The van der Waals surface area contributed by atoms with Crippen LogP contribution in [-0.4, -0.2) is 36.7 Å². The van der Waals surface area contributed by atoms with Crippen molar-refractivity contribution < 1.29 is 28.7 Å². The van der Waals surface area contributed by atoms with Crippen molar-refractivity contribution in [1.82, 2.24) is 5.43 Å². The molecule has 0 bridgehead atoms. The summed E-state index contributed by atoms with van der Waals surface area (Å²) in [5, 5.41) is 15.7. The van der Waals surface area contributed by atoms with Gasteiger partial charge in [-0.2, -0.15) is 5.10 Å². The number of carbonyl (C=O) groups excluding carboxylic acids is 2. The molecule has 0 aliphatic rings. The van der Waals surface area contributed by atoms with Crippen molar-refractivity contribution in [3.8, 4) is 17.2 Å². The van der Waals surface area contributed by atoms with Crippen LogP contribution in [0.25, 0.3) is 0 Å². The Bertz CT molecular complexity index is 1500. The van der Waals surface area contributed by atoms with E-state index in [2.05, 4.69) is 47.2 Å². The standard InChI is InChI=1S/C31H34BrN3O7/c1-30(2,3)19-31(4,5)21-12-14-25(24(16-21)35(38)39)41-18-28(36)34-33-17-20-11-13-26(27(15-20)40-6)42-29(37)22-9-7-8-10-23(22)32/h7-17H,18-19H2,1-6H3,(H,34,36)/b33-17+. The Morgan fingerprint density at radius 1 is 1.00 bits per heavy atom. The number of carbonyl (C=O) groups is 2. The van der Waals surface area contributed by atoms with E-state index in [-0.39, 0.29) is 33.8 Å². The summed E-state index contributed by atoms with van der Waals surface area (Å²) in [5.41, 5.74) is 3.59. The van der Waals surface area contributed by atoms with Gasteiger partial charge in [-0.05, 0) is 80.7 Å². The Balaban J connectivity index is 1.62. The fourth-order valence-electron chi connectivity index (χ4n) is 4.62. The number of rotatable bonds is 11. The fraction of sp³-hybridized carbons (Fsp3) is 0.323. The number of nitro benzene ring substituents is 1. The molecule has 0 radical (unpaired) electrons. The van der Waals surface area contributed by atoms with Gasteiger partial charge in [0.1, 0.15) is 0 Å². The van der Waals surface area contributed by atoms with Crippen LogP contribution in [0.3, 0.4) is 0 Å². The van der Waals surface area contributed by atoms with Gasteiger partial charge in [0.2, 0.25) is 0 Å². The molecule has 0 unspecified atom stereocenters. The van der Waals surface area contributed by atoms with Crippen molar-refractivity contribution in [2.75, 3.05) is 13.7 Å². The van der Waals surface area contributed by atoms with Crippen molar-refractivity contribution in [2.45, 2.75) is 46.5 Å². The number of methoxy groups -OCH3 is 1. The highest BCUT2D eigenvalue weighted by Crippen LogP contribution is 2.39. The van der Waals surface area contributed by atoms with Crippen LogP contribution in [-0.2, 0) is 10.2 Å². The lowest BCUT2D eigenvalue weighted by atomic mass is 9.72. The number of nitro groups is 1. The lowest BCUT2D eigenvalue weighted by molar-refractivity contribution is -0.385. The van der Waals surface area contributed by atoms with Gasteiger partial charge in [0.15, 0.2) is 23.9 Å². The fourth-order valence-corrected chi connectivity index (χ4v) is 5.06.